The van der Waals surface area contributed by atoms with Crippen LogP contribution in [0.1, 0.15) is 24.7 Å². The molecule has 0 spiro atoms. The molecule has 0 bridgehead atoms. The third-order valence-corrected chi connectivity index (χ3v) is 3.42. The molecule has 0 fully saturated rings. The maximum absolute atomic E-state index is 13.9. The van der Waals surface area contributed by atoms with Crippen LogP contribution in [0, 0.1) is 12.7 Å². The number of para-hydroxylation sites is 1. The van der Waals surface area contributed by atoms with Gasteiger partial charge in [0.05, 0.1) is 10.7 Å². The Hall–Kier alpha value is -1.88. The molecular formula is C15H18ClFN4. The molecule has 0 radical (unpaired) electrons. The lowest BCUT2D eigenvalue weighted by Gasteiger charge is -2.14. The van der Waals surface area contributed by atoms with Crippen molar-refractivity contribution >= 4 is 28.9 Å². The standard InChI is InChI=1S/C15H18ClFN4/c1-4-6-12-19-14(18-3)9(2)15(20-12)21-13-10(16)7-5-8-11(13)17/h5,7-8H,4,6H2,1-3H3,(H2,18,19,20,21). The van der Waals surface area contributed by atoms with Gasteiger partial charge in [0.25, 0.3) is 0 Å². The molecule has 1 heterocycles. The predicted octanol–water partition coefficient (Wildman–Crippen LogP) is 4.32. The molecule has 1 aromatic heterocycles. The van der Waals surface area contributed by atoms with Crippen LogP contribution in [0.2, 0.25) is 5.02 Å². The highest BCUT2D eigenvalue weighted by Gasteiger charge is 2.13. The molecule has 0 aliphatic carbocycles. The summed E-state index contributed by atoms with van der Waals surface area (Å²) < 4.78 is 13.9. The Morgan fingerprint density at radius 3 is 2.57 bits per heavy atom. The van der Waals surface area contributed by atoms with Crippen molar-refractivity contribution in [2.45, 2.75) is 26.7 Å². The highest BCUT2D eigenvalue weighted by molar-refractivity contribution is 6.33. The fourth-order valence-electron chi connectivity index (χ4n) is 2.00. The minimum absolute atomic E-state index is 0.227. The van der Waals surface area contributed by atoms with Crippen LogP contribution < -0.4 is 10.6 Å². The summed E-state index contributed by atoms with van der Waals surface area (Å²) in [5, 5.41) is 6.33. The molecular weight excluding hydrogens is 291 g/mol. The van der Waals surface area contributed by atoms with Crippen molar-refractivity contribution in [1.82, 2.24) is 9.97 Å². The first-order valence-corrected chi connectivity index (χ1v) is 7.21. The zero-order valence-electron chi connectivity index (χ0n) is 12.3. The van der Waals surface area contributed by atoms with E-state index in [1.165, 1.54) is 6.07 Å². The van der Waals surface area contributed by atoms with Gasteiger partial charge in [-0.1, -0.05) is 24.6 Å². The number of nitrogens with one attached hydrogen (secondary N) is 2. The molecule has 4 nitrogen and oxygen atoms in total. The third kappa shape index (κ3) is 3.42. The summed E-state index contributed by atoms with van der Waals surface area (Å²) in [7, 11) is 1.80. The van der Waals surface area contributed by atoms with Crippen molar-refractivity contribution in [2.75, 3.05) is 17.7 Å². The summed E-state index contributed by atoms with van der Waals surface area (Å²) in [5.41, 5.74) is 1.04. The van der Waals surface area contributed by atoms with E-state index in [0.717, 1.165) is 24.2 Å². The fourth-order valence-corrected chi connectivity index (χ4v) is 2.21. The molecule has 0 aliphatic rings. The molecule has 2 N–H and O–H groups in total. The zero-order chi connectivity index (χ0) is 15.4. The van der Waals surface area contributed by atoms with Crippen molar-refractivity contribution in [1.29, 1.82) is 0 Å². The highest BCUT2D eigenvalue weighted by atomic mass is 35.5. The van der Waals surface area contributed by atoms with Gasteiger partial charge in [0.2, 0.25) is 0 Å². The molecule has 0 saturated carbocycles. The van der Waals surface area contributed by atoms with E-state index in [1.54, 1.807) is 19.2 Å². The molecule has 2 rings (SSSR count). The van der Waals surface area contributed by atoms with Gasteiger partial charge in [-0.3, -0.25) is 0 Å². The Morgan fingerprint density at radius 2 is 1.95 bits per heavy atom. The Balaban J connectivity index is 2.45. The molecule has 1 aromatic carbocycles. The Kier molecular flexibility index (Phi) is 4.96. The van der Waals surface area contributed by atoms with E-state index in [9.17, 15) is 4.39 Å². The van der Waals surface area contributed by atoms with Gasteiger partial charge < -0.3 is 10.6 Å². The number of nitrogens with zero attached hydrogens (tertiary/aromatic N) is 2. The van der Waals surface area contributed by atoms with Crippen LogP contribution in [0.4, 0.5) is 21.7 Å². The summed E-state index contributed by atoms with van der Waals surface area (Å²) in [6.45, 7) is 3.93. The van der Waals surface area contributed by atoms with Crippen molar-refractivity contribution in [3.63, 3.8) is 0 Å². The SMILES string of the molecule is CCCc1nc(NC)c(C)c(Nc2c(F)cccc2Cl)n1. The largest absolute Gasteiger partial charge is 0.373 e. The Labute approximate surface area is 128 Å². The van der Waals surface area contributed by atoms with Gasteiger partial charge in [-0.2, -0.15) is 0 Å². The van der Waals surface area contributed by atoms with Crippen LogP contribution >= 0.6 is 11.6 Å². The van der Waals surface area contributed by atoms with Crippen LogP contribution in [0.5, 0.6) is 0 Å². The molecule has 0 aliphatic heterocycles. The summed E-state index contributed by atoms with van der Waals surface area (Å²) in [5.74, 6) is 1.58. The van der Waals surface area contributed by atoms with E-state index in [4.69, 9.17) is 11.6 Å². The molecule has 21 heavy (non-hydrogen) atoms. The second-order valence-corrected chi connectivity index (χ2v) is 5.09. The maximum Gasteiger partial charge on any atom is 0.148 e. The number of hydrogen-bond acceptors (Lipinski definition) is 4. The third-order valence-electron chi connectivity index (χ3n) is 3.11. The lowest BCUT2D eigenvalue weighted by Crippen LogP contribution is -2.08. The highest BCUT2D eigenvalue weighted by Crippen LogP contribution is 2.30. The van der Waals surface area contributed by atoms with Gasteiger partial charge >= 0.3 is 0 Å². The fraction of sp³-hybridized carbons (Fsp3) is 0.333. The summed E-state index contributed by atoms with van der Waals surface area (Å²) in [6.07, 6.45) is 1.70. The van der Waals surface area contributed by atoms with Crippen LogP contribution in [0.15, 0.2) is 18.2 Å². The first-order chi connectivity index (χ1) is 10.1. The number of benzene rings is 1. The molecule has 0 amide bonds. The number of rotatable bonds is 5. The average Bonchev–Trinajstić information content (AvgIpc) is 2.46. The predicted molar refractivity (Wildman–Crippen MR) is 85.0 cm³/mol. The van der Waals surface area contributed by atoms with E-state index < -0.39 is 5.82 Å². The van der Waals surface area contributed by atoms with Gasteiger partial charge in [-0.05, 0) is 25.5 Å². The summed E-state index contributed by atoms with van der Waals surface area (Å²) in [4.78, 5) is 8.90. The van der Waals surface area contributed by atoms with Crippen molar-refractivity contribution < 1.29 is 4.39 Å². The zero-order valence-corrected chi connectivity index (χ0v) is 13.1. The van der Waals surface area contributed by atoms with Crippen LogP contribution in [-0.4, -0.2) is 17.0 Å². The van der Waals surface area contributed by atoms with Crippen LogP contribution in [0.3, 0.4) is 0 Å². The van der Waals surface area contributed by atoms with E-state index in [1.807, 2.05) is 6.92 Å². The molecule has 0 saturated heterocycles. The lowest BCUT2D eigenvalue weighted by atomic mass is 10.2. The number of hydrogen-bond donors (Lipinski definition) is 2. The van der Waals surface area contributed by atoms with Crippen molar-refractivity contribution in [3.8, 4) is 0 Å². The minimum atomic E-state index is -0.413. The molecule has 0 atom stereocenters. The van der Waals surface area contributed by atoms with E-state index in [-0.39, 0.29) is 5.69 Å². The topological polar surface area (TPSA) is 49.8 Å². The van der Waals surface area contributed by atoms with Crippen LogP contribution in [-0.2, 0) is 6.42 Å². The first-order valence-electron chi connectivity index (χ1n) is 6.83. The summed E-state index contributed by atoms with van der Waals surface area (Å²) in [6, 6.07) is 4.56. The van der Waals surface area contributed by atoms with Crippen molar-refractivity contribution in [2.24, 2.45) is 0 Å². The smallest absolute Gasteiger partial charge is 0.148 e. The second kappa shape index (κ2) is 6.72. The number of aromatic nitrogens is 2. The van der Waals surface area contributed by atoms with Gasteiger partial charge in [0, 0.05) is 19.0 Å². The summed E-state index contributed by atoms with van der Waals surface area (Å²) >= 11 is 6.04. The normalized spacial score (nSPS) is 10.5. The second-order valence-electron chi connectivity index (χ2n) is 4.68. The van der Waals surface area contributed by atoms with E-state index in [0.29, 0.717) is 16.7 Å². The Bertz CT molecular complexity index is 626. The van der Waals surface area contributed by atoms with Gasteiger partial charge in [-0.15, -0.1) is 0 Å². The Morgan fingerprint density at radius 1 is 1.24 bits per heavy atom. The van der Waals surface area contributed by atoms with Gasteiger partial charge in [-0.25, -0.2) is 14.4 Å². The number of anilines is 3. The lowest BCUT2D eigenvalue weighted by molar-refractivity contribution is 0.632. The van der Waals surface area contributed by atoms with Gasteiger partial charge in [0.1, 0.15) is 23.3 Å². The monoisotopic (exact) mass is 308 g/mol. The van der Waals surface area contributed by atoms with Crippen molar-refractivity contribution in [3.05, 3.63) is 40.4 Å². The van der Waals surface area contributed by atoms with Gasteiger partial charge in [0.15, 0.2) is 0 Å². The number of aryl methyl sites for hydroxylation is 1. The van der Waals surface area contributed by atoms with E-state index >= 15 is 0 Å². The maximum atomic E-state index is 13.9. The molecule has 6 heteroatoms. The minimum Gasteiger partial charge on any atom is -0.373 e. The van der Waals surface area contributed by atoms with Crippen LogP contribution in [0.25, 0.3) is 0 Å². The first kappa shape index (κ1) is 15.5. The molecule has 112 valence electrons. The molecule has 2 aromatic rings. The number of halogens is 2. The average molecular weight is 309 g/mol. The molecule has 0 unspecified atom stereocenters. The quantitative estimate of drug-likeness (QED) is 0.864. The van der Waals surface area contributed by atoms with E-state index in [2.05, 4.69) is 27.5 Å².